The van der Waals surface area contributed by atoms with Gasteiger partial charge in [0.1, 0.15) is 0 Å². The lowest BCUT2D eigenvalue weighted by Crippen LogP contribution is -2.32. The predicted molar refractivity (Wildman–Crippen MR) is 120 cm³/mol. The largest absolute Gasteiger partial charge is 0.353 e. The van der Waals surface area contributed by atoms with Gasteiger partial charge >= 0.3 is 0 Å². The Kier molecular flexibility index (Phi) is 6.58. The van der Waals surface area contributed by atoms with Crippen LogP contribution in [-0.4, -0.2) is 50.4 Å². The van der Waals surface area contributed by atoms with Crippen molar-refractivity contribution in [3.05, 3.63) is 28.7 Å². The molecule has 2 aromatic heterocycles. The van der Waals surface area contributed by atoms with E-state index in [0.29, 0.717) is 25.3 Å². The number of nitrogens with zero attached hydrogens (tertiary/aromatic N) is 4. The van der Waals surface area contributed by atoms with Crippen LogP contribution in [0.1, 0.15) is 86.9 Å². The van der Waals surface area contributed by atoms with Crippen LogP contribution in [0.15, 0.2) is 6.07 Å². The third kappa shape index (κ3) is 4.75. The zero-order valence-corrected chi connectivity index (χ0v) is 19.1. The van der Waals surface area contributed by atoms with Gasteiger partial charge in [0.2, 0.25) is 11.8 Å². The Hall–Kier alpha value is -2.44. The van der Waals surface area contributed by atoms with E-state index < -0.39 is 0 Å². The van der Waals surface area contributed by atoms with Crippen LogP contribution >= 0.6 is 0 Å². The Bertz CT molecular complexity index is 961. The molecule has 0 bridgehead atoms. The number of aryl methyl sites for hydroxylation is 2. The molecule has 7 heteroatoms. The first kappa shape index (κ1) is 21.8. The van der Waals surface area contributed by atoms with Gasteiger partial charge in [-0.2, -0.15) is 5.10 Å². The lowest BCUT2D eigenvalue weighted by molar-refractivity contribution is -0.130. The van der Waals surface area contributed by atoms with E-state index >= 15 is 0 Å². The fourth-order valence-electron chi connectivity index (χ4n) is 5.11. The van der Waals surface area contributed by atoms with Gasteiger partial charge in [0, 0.05) is 55.3 Å². The minimum atomic E-state index is 0.134. The Morgan fingerprint density at radius 3 is 2.68 bits per heavy atom. The number of rotatable bonds is 7. The summed E-state index contributed by atoms with van der Waals surface area (Å²) in [5.41, 5.74) is 4.99. The molecule has 2 fully saturated rings. The first-order valence-corrected chi connectivity index (χ1v) is 11.9. The average molecular weight is 426 g/mol. The second-order valence-corrected chi connectivity index (χ2v) is 9.22. The Morgan fingerprint density at radius 1 is 1.16 bits per heavy atom. The van der Waals surface area contributed by atoms with Crippen molar-refractivity contribution in [3.8, 4) is 0 Å². The maximum atomic E-state index is 12.4. The van der Waals surface area contributed by atoms with E-state index in [1.807, 2.05) is 23.3 Å². The molecule has 168 valence electrons. The van der Waals surface area contributed by atoms with Crippen molar-refractivity contribution >= 4 is 17.5 Å². The van der Waals surface area contributed by atoms with Crippen molar-refractivity contribution in [1.29, 1.82) is 0 Å². The minimum absolute atomic E-state index is 0.134. The second-order valence-electron chi connectivity index (χ2n) is 9.22. The highest BCUT2D eigenvalue weighted by molar-refractivity contribution is 5.77. The highest BCUT2D eigenvalue weighted by Crippen LogP contribution is 2.28. The summed E-state index contributed by atoms with van der Waals surface area (Å²) in [5.74, 6) is 0.648. The number of carbonyl (C=O) groups excluding carboxylic acids is 2. The number of aromatic nitrogens is 3. The Balaban J connectivity index is 1.45. The molecule has 1 unspecified atom stereocenters. The number of hydrogen-bond acceptors (Lipinski definition) is 4. The van der Waals surface area contributed by atoms with Crippen LogP contribution in [0.25, 0.3) is 5.65 Å². The molecule has 0 radical (unpaired) electrons. The van der Waals surface area contributed by atoms with Gasteiger partial charge in [-0.25, -0.2) is 9.50 Å². The quantitative estimate of drug-likeness (QED) is 0.737. The molecular weight excluding hydrogens is 390 g/mol. The summed E-state index contributed by atoms with van der Waals surface area (Å²) < 4.78 is 1.92. The highest BCUT2D eigenvalue weighted by atomic mass is 16.2. The summed E-state index contributed by atoms with van der Waals surface area (Å²) in [7, 11) is 0. The lowest BCUT2D eigenvalue weighted by Gasteiger charge is -2.15. The van der Waals surface area contributed by atoms with E-state index in [-0.39, 0.29) is 17.7 Å². The summed E-state index contributed by atoms with van der Waals surface area (Å²) >= 11 is 0. The third-order valence-corrected chi connectivity index (χ3v) is 6.93. The number of carbonyl (C=O) groups is 2. The maximum Gasteiger partial charge on any atom is 0.222 e. The maximum absolute atomic E-state index is 12.4. The van der Waals surface area contributed by atoms with Gasteiger partial charge in [-0.3, -0.25) is 9.59 Å². The van der Waals surface area contributed by atoms with Crippen molar-refractivity contribution in [2.45, 2.75) is 90.5 Å². The molecule has 1 saturated heterocycles. The molecule has 3 heterocycles. The average Bonchev–Trinajstić information content (AvgIpc) is 3.48. The van der Waals surface area contributed by atoms with Gasteiger partial charge in [0.05, 0.1) is 5.69 Å². The highest BCUT2D eigenvalue weighted by Gasteiger charge is 2.29. The first-order chi connectivity index (χ1) is 15.0. The van der Waals surface area contributed by atoms with Crippen LogP contribution in [-0.2, 0) is 16.0 Å². The molecule has 7 nitrogen and oxygen atoms in total. The second kappa shape index (κ2) is 9.37. The van der Waals surface area contributed by atoms with Crippen molar-refractivity contribution in [3.63, 3.8) is 0 Å². The fourth-order valence-corrected chi connectivity index (χ4v) is 5.11. The fraction of sp³-hybridized carbons (Fsp3) is 0.667. The number of amides is 2. The van der Waals surface area contributed by atoms with Gasteiger partial charge in [0.15, 0.2) is 5.65 Å². The van der Waals surface area contributed by atoms with Crippen LogP contribution in [0.3, 0.4) is 0 Å². The van der Waals surface area contributed by atoms with Crippen LogP contribution in [0.4, 0.5) is 0 Å². The third-order valence-electron chi connectivity index (χ3n) is 6.93. The molecule has 0 spiro atoms. The van der Waals surface area contributed by atoms with E-state index in [2.05, 4.69) is 18.3 Å². The van der Waals surface area contributed by atoms with Crippen molar-refractivity contribution < 1.29 is 9.59 Å². The summed E-state index contributed by atoms with van der Waals surface area (Å²) in [6.07, 6.45) is 8.27. The molecular formula is C24H35N5O2. The van der Waals surface area contributed by atoms with E-state index in [9.17, 15) is 9.59 Å². The summed E-state index contributed by atoms with van der Waals surface area (Å²) in [4.78, 5) is 31.4. The molecule has 2 aromatic rings. The summed E-state index contributed by atoms with van der Waals surface area (Å²) in [5, 5.41) is 8.04. The van der Waals surface area contributed by atoms with Crippen LogP contribution in [0, 0.1) is 13.8 Å². The van der Waals surface area contributed by atoms with Gasteiger partial charge in [-0.15, -0.1) is 0 Å². The van der Waals surface area contributed by atoms with Gasteiger partial charge < -0.3 is 10.2 Å². The molecule has 2 amide bonds. The van der Waals surface area contributed by atoms with Crippen LogP contribution in [0.5, 0.6) is 0 Å². The molecule has 31 heavy (non-hydrogen) atoms. The van der Waals surface area contributed by atoms with Crippen LogP contribution < -0.4 is 5.32 Å². The predicted octanol–water partition coefficient (Wildman–Crippen LogP) is 3.45. The number of hydrogen-bond donors (Lipinski definition) is 1. The van der Waals surface area contributed by atoms with E-state index in [4.69, 9.17) is 10.1 Å². The van der Waals surface area contributed by atoms with Gasteiger partial charge in [-0.1, -0.05) is 19.8 Å². The number of likely N-dealkylation sites (tertiary alicyclic amines) is 1. The first-order valence-electron chi connectivity index (χ1n) is 11.9. The Morgan fingerprint density at radius 2 is 1.94 bits per heavy atom. The summed E-state index contributed by atoms with van der Waals surface area (Å²) in [6.45, 7) is 7.68. The van der Waals surface area contributed by atoms with E-state index in [1.54, 1.807) is 0 Å². The molecule has 0 aromatic carbocycles. The zero-order valence-electron chi connectivity index (χ0n) is 19.1. The minimum Gasteiger partial charge on any atom is -0.353 e. The Labute approximate surface area is 184 Å². The number of nitrogens with one attached hydrogen (secondary N) is 1. The van der Waals surface area contributed by atoms with E-state index in [0.717, 1.165) is 67.1 Å². The van der Waals surface area contributed by atoms with Crippen molar-refractivity contribution in [1.82, 2.24) is 24.8 Å². The molecule has 1 aliphatic heterocycles. The van der Waals surface area contributed by atoms with E-state index in [1.165, 1.54) is 12.8 Å². The van der Waals surface area contributed by atoms with Crippen molar-refractivity contribution in [2.24, 2.45) is 0 Å². The summed E-state index contributed by atoms with van der Waals surface area (Å²) in [6, 6.07) is 2.42. The normalized spacial score (nSPS) is 19.5. The van der Waals surface area contributed by atoms with Gasteiger partial charge in [-0.05, 0) is 51.5 Å². The molecule has 2 aliphatic rings. The van der Waals surface area contributed by atoms with Crippen molar-refractivity contribution in [2.75, 3.05) is 13.1 Å². The SMILES string of the molecule is CCCC(=O)N1CCC(c2cc3nc(C)c(CCC(=O)NC4CCCC4)c(C)n3n2)C1. The molecule has 1 saturated carbocycles. The zero-order chi connectivity index (χ0) is 22.0. The topological polar surface area (TPSA) is 79.6 Å². The standard InChI is InChI=1S/C24H35N5O2/c1-4-7-24(31)28-13-12-18(15-28)21-14-22-25-16(2)20(17(3)29(22)27-21)10-11-23(30)26-19-8-5-6-9-19/h14,18-19H,4-13,15H2,1-3H3,(H,26,30). The smallest absolute Gasteiger partial charge is 0.222 e. The monoisotopic (exact) mass is 425 g/mol. The van der Waals surface area contributed by atoms with Crippen LogP contribution in [0.2, 0.25) is 0 Å². The number of fused-ring (bicyclic) bond motifs is 1. The molecule has 1 atom stereocenters. The molecule has 1 N–H and O–H groups in total. The lowest BCUT2D eigenvalue weighted by atomic mass is 10.1. The molecule has 4 rings (SSSR count). The van der Waals surface area contributed by atoms with Gasteiger partial charge in [0.25, 0.3) is 0 Å². The molecule has 1 aliphatic carbocycles.